The summed E-state index contributed by atoms with van der Waals surface area (Å²) < 4.78 is 12.9. The summed E-state index contributed by atoms with van der Waals surface area (Å²) in [6.45, 7) is 5.90. The number of carbonyl (C=O) groups is 2. The van der Waals surface area contributed by atoms with Crippen molar-refractivity contribution in [3.63, 3.8) is 0 Å². The normalized spacial score (nSPS) is 11.6. The quantitative estimate of drug-likeness (QED) is 0.523. The number of nitrogens with zero attached hydrogens (tertiary/aromatic N) is 1. The van der Waals surface area contributed by atoms with Gasteiger partial charge in [0, 0.05) is 12.2 Å². The molecule has 0 radical (unpaired) electrons. The first-order valence-corrected chi connectivity index (χ1v) is 8.88. The van der Waals surface area contributed by atoms with E-state index in [-0.39, 0.29) is 34.1 Å². The molecule has 0 aliphatic rings. The molecule has 2 N–H and O–H groups in total. The SMILES string of the molecule is C=C(CCNC(=O)c1ccc(Cl)c(Cl)n1)[C@H](C)C(=O)Nc1ccc(F)cc1. The molecule has 0 saturated heterocycles. The highest BCUT2D eigenvalue weighted by atomic mass is 35.5. The van der Waals surface area contributed by atoms with Crippen molar-refractivity contribution in [3.8, 4) is 0 Å². The molecule has 2 amide bonds. The van der Waals surface area contributed by atoms with E-state index in [4.69, 9.17) is 23.2 Å². The molecule has 0 spiro atoms. The predicted octanol–water partition coefficient (Wildman–Crippen LogP) is 4.48. The molecule has 8 heteroatoms. The lowest BCUT2D eigenvalue weighted by Crippen LogP contribution is -2.27. The third-order valence-corrected chi connectivity index (χ3v) is 4.57. The fourth-order valence-corrected chi connectivity index (χ4v) is 2.42. The summed E-state index contributed by atoms with van der Waals surface area (Å²) in [6.07, 6.45) is 0.408. The van der Waals surface area contributed by atoms with Gasteiger partial charge >= 0.3 is 0 Å². The van der Waals surface area contributed by atoms with Gasteiger partial charge in [0.25, 0.3) is 5.91 Å². The van der Waals surface area contributed by atoms with Crippen molar-refractivity contribution in [2.24, 2.45) is 5.92 Å². The average molecular weight is 410 g/mol. The molecule has 0 bridgehead atoms. The van der Waals surface area contributed by atoms with Gasteiger partial charge in [-0.15, -0.1) is 0 Å². The van der Waals surface area contributed by atoms with E-state index in [0.717, 1.165) is 0 Å². The summed E-state index contributed by atoms with van der Waals surface area (Å²) in [5.74, 6) is -1.51. The van der Waals surface area contributed by atoms with Crippen molar-refractivity contribution in [2.75, 3.05) is 11.9 Å². The second-order valence-electron chi connectivity index (χ2n) is 5.85. The van der Waals surface area contributed by atoms with Crippen LogP contribution in [-0.2, 0) is 4.79 Å². The molecule has 1 atom stereocenters. The summed E-state index contributed by atoms with van der Waals surface area (Å²) in [4.78, 5) is 28.2. The number of anilines is 1. The largest absolute Gasteiger partial charge is 0.350 e. The number of hydrogen-bond donors (Lipinski definition) is 2. The minimum atomic E-state index is -0.477. The molecule has 5 nitrogen and oxygen atoms in total. The summed E-state index contributed by atoms with van der Waals surface area (Å²) in [6, 6.07) is 8.45. The molecule has 0 unspecified atom stereocenters. The Balaban J connectivity index is 1.81. The van der Waals surface area contributed by atoms with Gasteiger partial charge in [-0.05, 0) is 49.7 Å². The number of hydrogen-bond acceptors (Lipinski definition) is 3. The third kappa shape index (κ3) is 6.05. The Morgan fingerprint density at radius 2 is 1.85 bits per heavy atom. The second kappa shape index (κ2) is 9.48. The van der Waals surface area contributed by atoms with E-state index < -0.39 is 11.8 Å². The number of carbonyl (C=O) groups excluding carboxylic acids is 2. The molecule has 142 valence electrons. The lowest BCUT2D eigenvalue weighted by molar-refractivity contribution is -0.118. The Hall–Kier alpha value is -2.44. The third-order valence-electron chi connectivity index (χ3n) is 3.88. The average Bonchev–Trinajstić information content (AvgIpc) is 2.64. The number of halogens is 3. The zero-order valence-electron chi connectivity index (χ0n) is 14.6. The Labute approximate surface area is 166 Å². The van der Waals surface area contributed by atoms with Gasteiger partial charge in [0.15, 0.2) is 0 Å². The highest BCUT2D eigenvalue weighted by Gasteiger charge is 2.17. The summed E-state index contributed by atoms with van der Waals surface area (Å²) in [5, 5.41) is 5.71. The van der Waals surface area contributed by atoms with Crippen LogP contribution in [0, 0.1) is 11.7 Å². The van der Waals surface area contributed by atoms with Gasteiger partial charge in [0.2, 0.25) is 5.91 Å². The molecule has 0 saturated carbocycles. The molecule has 0 fully saturated rings. The Kier molecular flexibility index (Phi) is 7.33. The van der Waals surface area contributed by atoms with Crippen LogP contribution in [0.25, 0.3) is 0 Å². The number of rotatable bonds is 7. The van der Waals surface area contributed by atoms with Crippen LogP contribution in [0.5, 0.6) is 0 Å². The van der Waals surface area contributed by atoms with E-state index >= 15 is 0 Å². The topological polar surface area (TPSA) is 71.1 Å². The second-order valence-corrected chi connectivity index (χ2v) is 6.62. The summed E-state index contributed by atoms with van der Waals surface area (Å²) >= 11 is 11.6. The van der Waals surface area contributed by atoms with Crippen molar-refractivity contribution >= 4 is 40.7 Å². The van der Waals surface area contributed by atoms with Crippen molar-refractivity contribution in [1.29, 1.82) is 0 Å². The van der Waals surface area contributed by atoms with E-state index in [1.807, 2.05) is 0 Å². The van der Waals surface area contributed by atoms with Crippen molar-refractivity contribution in [3.05, 3.63) is 70.2 Å². The van der Waals surface area contributed by atoms with Crippen LogP contribution >= 0.6 is 23.2 Å². The van der Waals surface area contributed by atoms with Crippen LogP contribution in [0.1, 0.15) is 23.8 Å². The van der Waals surface area contributed by atoms with Gasteiger partial charge in [-0.1, -0.05) is 35.4 Å². The fraction of sp³-hybridized carbons (Fsp3) is 0.211. The highest BCUT2D eigenvalue weighted by Crippen LogP contribution is 2.19. The maximum Gasteiger partial charge on any atom is 0.269 e. The monoisotopic (exact) mass is 409 g/mol. The zero-order valence-corrected chi connectivity index (χ0v) is 16.1. The predicted molar refractivity (Wildman–Crippen MR) is 105 cm³/mol. The van der Waals surface area contributed by atoms with Crippen molar-refractivity contribution in [2.45, 2.75) is 13.3 Å². The van der Waals surface area contributed by atoms with E-state index in [1.165, 1.54) is 36.4 Å². The molecule has 0 aliphatic heterocycles. The van der Waals surface area contributed by atoms with E-state index in [9.17, 15) is 14.0 Å². The Morgan fingerprint density at radius 1 is 1.19 bits per heavy atom. The number of amides is 2. The molecule has 27 heavy (non-hydrogen) atoms. The van der Waals surface area contributed by atoms with E-state index in [2.05, 4.69) is 22.2 Å². The minimum Gasteiger partial charge on any atom is -0.350 e. The summed E-state index contributed by atoms with van der Waals surface area (Å²) in [5.41, 5.74) is 1.30. The molecule has 2 rings (SSSR count). The van der Waals surface area contributed by atoms with Gasteiger partial charge in [0.05, 0.1) is 10.9 Å². The van der Waals surface area contributed by atoms with E-state index in [0.29, 0.717) is 17.7 Å². The van der Waals surface area contributed by atoms with Gasteiger partial charge in [-0.3, -0.25) is 9.59 Å². The van der Waals surface area contributed by atoms with Crippen LogP contribution in [-0.4, -0.2) is 23.3 Å². The first kappa shape index (κ1) is 20.9. The molecular formula is C19H18Cl2FN3O2. The van der Waals surface area contributed by atoms with Gasteiger partial charge in [-0.2, -0.15) is 0 Å². The van der Waals surface area contributed by atoms with Gasteiger partial charge in [-0.25, -0.2) is 9.37 Å². The lowest BCUT2D eigenvalue weighted by Gasteiger charge is -2.15. The van der Waals surface area contributed by atoms with Crippen LogP contribution < -0.4 is 10.6 Å². The number of benzene rings is 1. The summed E-state index contributed by atoms with van der Waals surface area (Å²) in [7, 11) is 0. The molecule has 1 aromatic carbocycles. The Bertz CT molecular complexity index is 857. The first-order valence-electron chi connectivity index (χ1n) is 8.12. The maximum atomic E-state index is 12.9. The minimum absolute atomic E-state index is 0.0554. The molecule has 1 aromatic heterocycles. The smallest absolute Gasteiger partial charge is 0.269 e. The van der Waals surface area contributed by atoms with E-state index in [1.54, 1.807) is 6.92 Å². The van der Waals surface area contributed by atoms with Crippen molar-refractivity contribution < 1.29 is 14.0 Å². The van der Waals surface area contributed by atoms with Crippen LogP contribution in [0.4, 0.5) is 10.1 Å². The zero-order chi connectivity index (χ0) is 20.0. The number of pyridine rings is 1. The fourth-order valence-electron chi connectivity index (χ4n) is 2.16. The molecular weight excluding hydrogens is 392 g/mol. The van der Waals surface area contributed by atoms with Gasteiger partial charge in [0.1, 0.15) is 16.7 Å². The standard InChI is InChI=1S/C19H18Cl2FN3O2/c1-11(12(2)18(26)24-14-5-3-13(22)4-6-14)9-10-23-19(27)16-8-7-15(20)17(21)25-16/h3-8,12H,1,9-10H2,2H3,(H,23,27)(H,24,26)/t12-/m0/s1. The number of nitrogens with one attached hydrogen (secondary N) is 2. The van der Waals surface area contributed by atoms with Crippen molar-refractivity contribution in [1.82, 2.24) is 10.3 Å². The Morgan fingerprint density at radius 3 is 2.48 bits per heavy atom. The number of aromatic nitrogens is 1. The first-order chi connectivity index (χ1) is 12.8. The van der Waals surface area contributed by atoms with Crippen LogP contribution in [0.3, 0.4) is 0 Å². The van der Waals surface area contributed by atoms with Gasteiger partial charge < -0.3 is 10.6 Å². The highest BCUT2D eigenvalue weighted by molar-refractivity contribution is 6.41. The molecule has 2 aromatic rings. The maximum absolute atomic E-state index is 12.9. The molecule has 1 heterocycles. The van der Waals surface area contributed by atoms with Crippen LogP contribution in [0.2, 0.25) is 10.2 Å². The molecule has 0 aliphatic carbocycles. The van der Waals surface area contributed by atoms with Crippen LogP contribution in [0.15, 0.2) is 48.6 Å². The lowest BCUT2D eigenvalue weighted by atomic mass is 9.99.